The van der Waals surface area contributed by atoms with Crippen LogP contribution in [0.5, 0.6) is 0 Å². The number of aryl methyl sites for hydroxylation is 1. The molecule has 58 heavy (non-hydrogen) atoms. The average Bonchev–Trinajstić information content (AvgIpc) is 3.90. The van der Waals surface area contributed by atoms with Gasteiger partial charge in [-0.1, -0.05) is 51.0 Å². The molecule has 1 aliphatic heterocycles. The number of unbranched alkanes of at least 4 members (excludes halogenated alkanes) is 1. The van der Waals surface area contributed by atoms with Crippen molar-refractivity contribution < 1.29 is 47.5 Å². The number of amides is 3. The van der Waals surface area contributed by atoms with Crippen molar-refractivity contribution in [3.05, 3.63) is 41.0 Å². The van der Waals surface area contributed by atoms with Crippen molar-refractivity contribution in [2.75, 3.05) is 112 Å². The molecule has 1 fully saturated rings. The molecule has 0 bridgehead atoms. The van der Waals surface area contributed by atoms with E-state index in [9.17, 15) is 14.4 Å². The van der Waals surface area contributed by atoms with Crippen LogP contribution < -0.4 is 22.1 Å². The summed E-state index contributed by atoms with van der Waals surface area (Å²) in [5, 5.41) is 5.92. The van der Waals surface area contributed by atoms with Crippen LogP contribution >= 0.6 is 11.3 Å². The van der Waals surface area contributed by atoms with Crippen LogP contribution in [0.2, 0.25) is 0 Å². The first kappa shape index (κ1) is 49.3. The average molecular weight is 837 g/mol. The van der Waals surface area contributed by atoms with Crippen molar-refractivity contribution in [2.45, 2.75) is 71.5 Å². The number of nitrogens with two attached hydrogens (primary N) is 2. The number of nitrogens with zero attached hydrogens (tertiary/aromatic N) is 2. The SMILES string of the molecule is CCCCC(NC(=O)COCC(C)(COCCOCCOCCN)COCCOCCOCCN)C(=O)N1CCCC1C(=O)NCc1ccc(-c2scnc2C)cc1. The van der Waals surface area contributed by atoms with Crippen LogP contribution in [-0.2, 0) is 54.1 Å². The van der Waals surface area contributed by atoms with Gasteiger partial charge in [-0.2, -0.15) is 0 Å². The Balaban J connectivity index is 1.49. The maximum absolute atomic E-state index is 13.9. The van der Waals surface area contributed by atoms with Gasteiger partial charge < -0.3 is 60.2 Å². The van der Waals surface area contributed by atoms with Crippen LogP contribution in [0.1, 0.15) is 57.2 Å². The number of carbonyl (C=O) groups excluding carboxylic acids is 3. The fourth-order valence-electron chi connectivity index (χ4n) is 6.26. The number of thiazole rings is 1. The normalized spacial score (nSPS) is 14.8. The lowest BCUT2D eigenvalue weighted by Gasteiger charge is -2.30. The van der Waals surface area contributed by atoms with E-state index in [0.717, 1.165) is 34.5 Å². The van der Waals surface area contributed by atoms with Crippen LogP contribution in [0.4, 0.5) is 0 Å². The molecule has 0 saturated carbocycles. The van der Waals surface area contributed by atoms with Gasteiger partial charge >= 0.3 is 0 Å². The molecule has 2 aromatic rings. The fourth-order valence-corrected chi connectivity index (χ4v) is 7.08. The zero-order chi connectivity index (χ0) is 41.9. The van der Waals surface area contributed by atoms with E-state index in [1.807, 2.05) is 50.5 Å². The quantitative estimate of drug-likeness (QED) is 0.0764. The number of likely N-dealkylation sites (tertiary alicyclic amines) is 1. The van der Waals surface area contributed by atoms with Gasteiger partial charge in [0.15, 0.2) is 0 Å². The first-order valence-corrected chi connectivity index (χ1v) is 21.4. The molecule has 0 radical (unpaired) electrons. The van der Waals surface area contributed by atoms with Crippen molar-refractivity contribution in [2.24, 2.45) is 16.9 Å². The number of ether oxygens (including phenoxy) is 7. The molecule has 3 rings (SSSR count). The van der Waals surface area contributed by atoms with Crippen LogP contribution in [-0.4, -0.2) is 152 Å². The first-order valence-electron chi connectivity index (χ1n) is 20.5. The van der Waals surface area contributed by atoms with Crippen LogP contribution in [0.15, 0.2) is 29.8 Å². The molecular formula is C41H68N6O10S. The second-order valence-corrected chi connectivity index (χ2v) is 15.4. The third-order valence-electron chi connectivity index (χ3n) is 9.34. The summed E-state index contributed by atoms with van der Waals surface area (Å²) in [6.45, 7) is 12.5. The van der Waals surface area contributed by atoms with Gasteiger partial charge in [0.2, 0.25) is 17.7 Å². The number of aromatic nitrogens is 1. The van der Waals surface area contributed by atoms with Gasteiger partial charge in [0.05, 0.1) is 102 Å². The Morgan fingerprint density at radius 3 is 1.98 bits per heavy atom. The molecule has 0 aliphatic carbocycles. The standard InChI is InChI=1S/C41H68N6O10S/c1-4-5-7-35(40(50)47-15-6-8-36(47)39(49)44-26-33-9-11-34(12-10-33)38-32(2)45-31-58-38)46-37(48)27-57-30-41(3,28-55-24-22-53-20-18-51-16-13-42)29-56-25-23-54-21-19-52-17-14-43/h9-12,31,35-36H,4-8,13-30,42-43H2,1-3H3,(H,44,49)(H,46,48). The zero-order valence-electron chi connectivity index (χ0n) is 34.8. The third kappa shape index (κ3) is 18.9. The van der Waals surface area contributed by atoms with Crippen molar-refractivity contribution >= 4 is 29.1 Å². The molecule has 1 aromatic heterocycles. The molecule has 328 valence electrons. The summed E-state index contributed by atoms with van der Waals surface area (Å²) in [4.78, 5) is 47.6. The molecule has 1 saturated heterocycles. The van der Waals surface area contributed by atoms with Gasteiger partial charge in [0.1, 0.15) is 18.7 Å². The molecule has 16 nitrogen and oxygen atoms in total. The highest BCUT2D eigenvalue weighted by Crippen LogP contribution is 2.27. The van der Waals surface area contributed by atoms with E-state index in [1.165, 1.54) is 0 Å². The highest BCUT2D eigenvalue weighted by molar-refractivity contribution is 7.13. The summed E-state index contributed by atoms with van der Waals surface area (Å²) < 4.78 is 39.5. The van der Waals surface area contributed by atoms with Gasteiger partial charge in [-0.05, 0) is 37.3 Å². The summed E-state index contributed by atoms with van der Waals surface area (Å²) in [5.74, 6) is -0.866. The maximum atomic E-state index is 13.9. The van der Waals surface area contributed by atoms with E-state index in [-0.39, 0.29) is 25.0 Å². The molecule has 6 N–H and O–H groups in total. The second-order valence-electron chi connectivity index (χ2n) is 14.6. The van der Waals surface area contributed by atoms with Gasteiger partial charge in [-0.15, -0.1) is 11.3 Å². The largest absolute Gasteiger partial charge is 0.378 e. The molecule has 3 amide bonds. The van der Waals surface area contributed by atoms with Crippen LogP contribution in [0.25, 0.3) is 10.4 Å². The predicted octanol–water partition coefficient (Wildman–Crippen LogP) is 2.44. The Labute approximate surface area is 348 Å². The van der Waals surface area contributed by atoms with Gasteiger partial charge in [-0.25, -0.2) is 4.98 Å². The lowest BCUT2D eigenvalue weighted by atomic mass is 9.94. The van der Waals surface area contributed by atoms with Crippen LogP contribution in [0, 0.1) is 12.3 Å². The molecule has 2 atom stereocenters. The first-order chi connectivity index (χ1) is 28.2. The molecule has 1 aromatic carbocycles. The fraction of sp³-hybridized carbons (Fsp3) is 0.707. The van der Waals surface area contributed by atoms with Crippen molar-refractivity contribution in [1.29, 1.82) is 0 Å². The summed E-state index contributed by atoms with van der Waals surface area (Å²) in [5.41, 5.74) is 15.1. The van der Waals surface area contributed by atoms with E-state index in [2.05, 4.69) is 15.6 Å². The third-order valence-corrected chi connectivity index (χ3v) is 10.3. The summed E-state index contributed by atoms with van der Waals surface area (Å²) >= 11 is 1.60. The van der Waals surface area contributed by atoms with E-state index in [1.54, 1.807) is 16.2 Å². The highest BCUT2D eigenvalue weighted by atomic mass is 32.1. The zero-order valence-corrected chi connectivity index (χ0v) is 35.7. The lowest BCUT2D eigenvalue weighted by Crippen LogP contribution is -2.54. The molecule has 2 heterocycles. The minimum atomic E-state index is -0.772. The number of benzene rings is 1. The summed E-state index contributed by atoms with van der Waals surface area (Å²) in [6.07, 6.45) is 3.31. The number of nitrogens with one attached hydrogen (secondary N) is 2. The maximum Gasteiger partial charge on any atom is 0.246 e. The van der Waals surface area contributed by atoms with E-state index < -0.39 is 23.4 Å². The Bertz CT molecular complexity index is 1410. The molecule has 0 spiro atoms. The van der Waals surface area contributed by atoms with E-state index in [0.29, 0.717) is 125 Å². The smallest absolute Gasteiger partial charge is 0.246 e. The monoisotopic (exact) mass is 836 g/mol. The topological polar surface area (TPSA) is 208 Å². The van der Waals surface area contributed by atoms with E-state index >= 15 is 0 Å². The molecule has 1 aliphatic rings. The van der Waals surface area contributed by atoms with Crippen molar-refractivity contribution in [1.82, 2.24) is 20.5 Å². The minimum absolute atomic E-state index is 0.164. The van der Waals surface area contributed by atoms with Crippen molar-refractivity contribution in [3.8, 4) is 10.4 Å². The molecular weight excluding hydrogens is 769 g/mol. The van der Waals surface area contributed by atoms with Crippen LogP contribution in [0.3, 0.4) is 0 Å². The summed E-state index contributed by atoms with van der Waals surface area (Å²) in [6, 6.07) is 6.67. The number of carbonyl (C=O) groups is 3. The number of hydrogen-bond donors (Lipinski definition) is 4. The van der Waals surface area contributed by atoms with Gasteiger partial charge in [-0.3, -0.25) is 14.4 Å². The summed E-state index contributed by atoms with van der Waals surface area (Å²) in [7, 11) is 0. The number of hydrogen-bond acceptors (Lipinski definition) is 14. The van der Waals surface area contributed by atoms with Gasteiger partial charge in [0.25, 0.3) is 0 Å². The Kier molecular flexibility index (Phi) is 24.8. The molecule has 17 heteroatoms. The highest BCUT2D eigenvalue weighted by Gasteiger charge is 2.37. The lowest BCUT2D eigenvalue weighted by molar-refractivity contribution is -0.142. The Hall–Kier alpha value is -3.10. The number of rotatable bonds is 33. The van der Waals surface area contributed by atoms with Crippen molar-refractivity contribution in [3.63, 3.8) is 0 Å². The van der Waals surface area contributed by atoms with Gasteiger partial charge in [0, 0.05) is 31.6 Å². The Morgan fingerprint density at radius 1 is 0.862 bits per heavy atom. The molecule has 2 unspecified atom stereocenters. The van der Waals surface area contributed by atoms with E-state index in [4.69, 9.17) is 44.6 Å². The Morgan fingerprint density at radius 2 is 1.43 bits per heavy atom. The second kappa shape index (κ2) is 29.2. The predicted molar refractivity (Wildman–Crippen MR) is 222 cm³/mol. The minimum Gasteiger partial charge on any atom is -0.378 e.